The van der Waals surface area contributed by atoms with Crippen LogP contribution >= 0.6 is 0 Å². The highest BCUT2D eigenvalue weighted by molar-refractivity contribution is 5.91. The zero-order valence-electron chi connectivity index (χ0n) is 6.55. The monoisotopic (exact) mass is 170 g/mol. The Labute approximate surface area is 72.0 Å². The Balaban J connectivity index is 0.00000121. The van der Waals surface area contributed by atoms with E-state index in [1.165, 1.54) is 6.26 Å². The van der Waals surface area contributed by atoms with Crippen molar-refractivity contribution in [2.24, 2.45) is 0 Å². The van der Waals surface area contributed by atoms with Gasteiger partial charge >= 0.3 is 0 Å². The second-order valence-electron chi connectivity index (χ2n) is 2.11. The third kappa shape index (κ3) is 2.38. The van der Waals surface area contributed by atoms with Crippen LogP contribution in [0.1, 0.15) is 30.7 Å². The van der Waals surface area contributed by atoms with E-state index < -0.39 is 0 Å². The summed E-state index contributed by atoms with van der Waals surface area (Å²) in [5, 5.41) is 2.61. The summed E-state index contributed by atoms with van der Waals surface area (Å²) in [5.41, 5.74) is 0.337. The van der Waals surface area contributed by atoms with Gasteiger partial charge in [-0.1, -0.05) is 7.43 Å². The number of rotatable bonds is 2. The van der Waals surface area contributed by atoms with Gasteiger partial charge in [-0.25, -0.2) is 4.98 Å². The van der Waals surface area contributed by atoms with Crippen LogP contribution in [0.5, 0.6) is 0 Å². The van der Waals surface area contributed by atoms with Gasteiger partial charge in [-0.2, -0.15) is 0 Å². The van der Waals surface area contributed by atoms with Crippen LogP contribution in [-0.2, 0) is 0 Å². The number of hydrogen-bond donors (Lipinski definition) is 1. The minimum Gasteiger partial charge on any atom is -0.448 e. The summed E-state index contributed by atoms with van der Waals surface area (Å²) in [4.78, 5) is 14.9. The molecule has 12 heavy (non-hydrogen) atoms. The smallest absolute Gasteiger partial charge is 0.273 e. The van der Waals surface area contributed by atoms with Crippen LogP contribution in [0, 0.1) is 6.92 Å². The van der Waals surface area contributed by atoms with Crippen LogP contribution in [0.15, 0.2) is 10.7 Å². The molecule has 0 aromatic carbocycles. The molecule has 0 saturated carbocycles. The first kappa shape index (κ1) is 10.7. The highest BCUT2D eigenvalue weighted by Gasteiger charge is 2.07. The number of nitrogens with zero attached hydrogens (tertiary/aromatic N) is 1. The quantitative estimate of drug-likeness (QED) is 0.729. The minimum absolute atomic E-state index is 0. The number of amides is 1. The molecule has 0 unspecified atom stereocenters. The van der Waals surface area contributed by atoms with Crippen molar-refractivity contribution in [1.29, 1.82) is 0 Å². The van der Waals surface area contributed by atoms with Gasteiger partial charge in [0, 0.05) is 13.5 Å². The fourth-order valence-corrected chi connectivity index (χ4v) is 0.719. The number of carbonyl (C=O) groups excluding carboxylic acids is 1. The third-order valence-corrected chi connectivity index (χ3v) is 1.19. The van der Waals surface area contributed by atoms with Crippen LogP contribution < -0.4 is 5.32 Å². The van der Waals surface area contributed by atoms with Gasteiger partial charge in [0.25, 0.3) is 5.91 Å². The summed E-state index contributed by atoms with van der Waals surface area (Å²) >= 11 is 0. The van der Waals surface area contributed by atoms with Crippen molar-refractivity contribution in [2.75, 3.05) is 6.54 Å². The predicted octanol–water partition coefficient (Wildman–Crippen LogP) is 1.37. The van der Waals surface area contributed by atoms with Crippen LogP contribution in [0.2, 0.25) is 0 Å². The second kappa shape index (κ2) is 4.54. The Morgan fingerprint density at radius 1 is 1.75 bits per heavy atom. The van der Waals surface area contributed by atoms with E-state index in [4.69, 9.17) is 4.42 Å². The number of nitrogens with one attached hydrogen (secondary N) is 1. The molecule has 68 valence electrons. The van der Waals surface area contributed by atoms with Crippen LogP contribution in [0.4, 0.5) is 0 Å². The van der Waals surface area contributed by atoms with Crippen molar-refractivity contribution in [3.05, 3.63) is 17.8 Å². The summed E-state index contributed by atoms with van der Waals surface area (Å²) < 4.78 is 4.86. The lowest BCUT2D eigenvalue weighted by Crippen LogP contribution is -2.22. The van der Waals surface area contributed by atoms with Gasteiger partial charge in [0.15, 0.2) is 11.6 Å². The molecule has 0 aliphatic heterocycles. The molecular formula is C8H14N2O2. The number of aromatic nitrogens is 1. The highest BCUT2D eigenvalue weighted by Crippen LogP contribution is 1.98. The number of hydrogen-bond acceptors (Lipinski definition) is 3. The maximum absolute atomic E-state index is 11.0. The van der Waals surface area contributed by atoms with Crippen LogP contribution in [0.25, 0.3) is 0 Å². The van der Waals surface area contributed by atoms with E-state index in [9.17, 15) is 4.79 Å². The summed E-state index contributed by atoms with van der Waals surface area (Å²) in [5.74, 6) is 0.315. The molecule has 1 amide bonds. The highest BCUT2D eigenvalue weighted by atomic mass is 16.3. The van der Waals surface area contributed by atoms with E-state index in [1.54, 1.807) is 6.92 Å². The Morgan fingerprint density at radius 2 is 2.42 bits per heavy atom. The first-order valence-electron chi connectivity index (χ1n) is 3.44. The van der Waals surface area contributed by atoms with E-state index in [-0.39, 0.29) is 13.3 Å². The number of oxazole rings is 1. The second-order valence-corrected chi connectivity index (χ2v) is 2.11. The first-order chi connectivity index (χ1) is 5.24. The molecule has 4 nitrogen and oxygen atoms in total. The maximum Gasteiger partial charge on any atom is 0.273 e. The molecule has 0 spiro atoms. The van der Waals surface area contributed by atoms with E-state index in [1.807, 2.05) is 6.92 Å². The third-order valence-electron chi connectivity index (χ3n) is 1.19. The maximum atomic E-state index is 11.0. The zero-order valence-corrected chi connectivity index (χ0v) is 6.55. The number of aryl methyl sites for hydroxylation is 1. The molecule has 0 atom stereocenters. The normalized spacial score (nSPS) is 8.83. The zero-order chi connectivity index (χ0) is 8.27. The lowest BCUT2D eigenvalue weighted by atomic mass is 10.4. The molecule has 0 aliphatic carbocycles. The predicted molar refractivity (Wildman–Crippen MR) is 46.0 cm³/mol. The molecular weight excluding hydrogens is 156 g/mol. The molecule has 0 aliphatic rings. The van der Waals surface area contributed by atoms with Crippen LogP contribution in [0.3, 0.4) is 0 Å². The average Bonchev–Trinajstić information content (AvgIpc) is 2.36. The standard InChI is InChI=1S/C7H10N2O2.CH4/c1-3-8-7(10)6-4-11-5(2)9-6;/h4H,3H2,1-2H3,(H,8,10);1H4. The van der Waals surface area contributed by atoms with Crippen molar-refractivity contribution in [2.45, 2.75) is 21.3 Å². The molecule has 1 aromatic heterocycles. The lowest BCUT2D eigenvalue weighted by Gasteiger charge is -1.94. The summed E-state index contributed by atoms with van der Waals surface area (Å²) in [6.07, 6.45) is 1.35. The van der Waals surface area contributed by atoms with E-state index in [0.717, 1.165) is 0 Å². The topological polar surface area (TPSA) is 55.1 Å². The SMILES string of the molecule is C.CCNC(=O)c1coc(C)n1. The van der Waals surface area contributed by atoms with Gasteiger partial charge < -0.3 is 9.73 Å². The van der Waals surface area contributed by atoms with Crippen molar-refractivity contribution in [3.63, 3.8) is 0 Å². The van der Waals surface area contributed by atoms with Crippen molar-refractivity contribution in [1.82, 2.24) is 10.3 Å². The van der Waals surface area contributed by atoms with Gasteiger partial charge in [0.1, 0.15) is 6.26 Å². The van der Waals surface area contributed by atoms with Gasteiger partial charge in [-0.3, -0.25) is 4.79 Å². The Morgan fingerprint density at radius 3 is 2.83 bits per heavy atom. The average molecular weight is 170 g/mol. The summed E-state index contributed by atoms with van der Waals surface area (Å²) in [6, 6.07) is 0. The van der Waals surface area contributed by atoms with Gasteiger partial charge in [-0.05, 0) is 6.92 Å². The van der Waals surface area contributed by atoms with E-state index in [0.29, 0.717) is 18.1 Å². The molecule has 1 N–H and O–H groups in total. The minimum atomic E-state index is -0.190. The van der Waals surface area contributed by atoms with Gasteiger partial charge in [0.05, 0.1) is 0 Å². The molecule has 0 saturated heterocycles. The van der Waals surface area contributed by atoms with Crippen LogP contribution in [-0.4, -0.2) is 17.4 Å². The fraction of sp³-hybridized carbons (Fsp3) is 0.500. The molecule has 1 aromatic rings. The molecule has 1 heterocycles. The lowest BCUT2D eigenvalue weighted by molar-refractivity contribution is 0.0951. The van der Waals surface area contributed by atoms with Crippen molar-refractivity contribution >= 4 is 5.91 Å². The molecule has 0 radical (unpaired) electrons. The molecule has 0 bridgehead atoms. The molecule has 4 heteroatoms. The summed E-state index contributed by atoms with van der Waals surface area (Å²) in [6.45, 7) is 4.15. The Hall–Kier alpha value is -1.32. The molecule has 0 fully saturated rings. The van der Waals surface area contributed by atoms with Gasteiger partial charge in [0.2, 0.25) is 0 Å². The number of carbonyl (C=O) groups is 1. The first-order valence-corrected chi connectivity index (χ1v) is 3.44. The van der Waals surface area contributed by atoms with E-state index >= 15 is 0 Å². The Kier molecular flexibility index (Phi) is 4.04. The van der Waals surface area contributed by atoms with Gasteiger partial charge in [-0.15, -0.1) is 0 Å². The summed E-state index contributed by atoms with van der Waals surface area (Å²) in [7, 11) is 0. The largest absolute Gasteiger partial charge is 0.448 e. The fourth-order valence-electron chi connectivity index (χ4n) is 0.719. The van der Waals surface area contributed by atoms with Crippen molar-refractivity contribution < 1.29 is 9.21 Å². The molecule has 1 rings (SSSR count). The van der Waals surface area contributed by atoms with E-state index in [2.05, 4.69) is 10.3 Å². The van der Waals surface area contributed by atoms with Crippen molar-refractivity contribution in [3.8, 4) is 0 Å². The Bertz CT molecular complexity index is 255.